The highest BCUT2D eigenvalue weighted by atomic mass is 79.9. The standard InChI is InChI=1S/C10H8Br2F2/c11-5-8-9(10(8,13)14)6-1-3-7(12)4-2-6/h1-4,8-9H,5H2/t8-,9-/m1/s1. The van der Waals surface area contributed by atoms with Gasteiger partial charge in [0.2, 0.25) is 0 Å². The summed E-state index contributed by atoms with van der Waals surface area (Å²) in [5, 5.41) is 0.362. The van der Waals surface area contributed by atoms with Crippen molar-refractivity contribution in [2.45, 2.75) is 11.8 Å². The maximum absolute atomic E-state index is 13.2. The predicted molar refractivity (Wildman–Crippen MR) is 59.1 cm³/mol. The molecule has 4 heteroatoms. The molecule has 0 bridgehead atoms. The quantitative estimate of drug-likeness (QED) is 0.715. The molecule has 1 aromatic rings. The highest BCUT2D eigenvalue weighted by Gasteiger charge is 2.67. The first kappa shape index (κ1) is 10.6. The molecule has 0 spiro atoms. The Kier molecular flexibility index (Phi) is 2.68. The number of alkyl halides is 3. The smallest absolute Gasteiger partial charge is 0.206 e. The molecular formula is C10H8Br2F2. The van der Waals surface area contributed by atoms with E-state index in [1.807, 2.05) is 0 Å². The molecule has 14 heavy (non-hydrogen) atoms. The molecule has 1 fully saturated rings. The monoisotopic (exact) mass is 324 g/mol. The van der Waals surface area contributed by atoms with E-state index in [1.54, 1.807) is 24.3 Å². The Labute approximate surface area is 98.0 Å². The van der Waals surface area contributed by atoms with E-state index in [1.165, 1.54) is 0 Å². The summed E-state index contributed by atoms with van der Waals surface area (Å²) in [6.45, 7) is 0. The van der Waals surface area contributed by atoms with Crippen LogP contribution in [-0.4, -0.2) is 11.3 Å². The van der Waals surface area contributed by atoms with Gasteiger partial charge in [-0.05, 0) is 17.7 Å². The molecule has 0 amide bonds. The van der Waals surface area contributed by atoms with Gasteiger partial charge in [0.15, 0.2) is 0 Å². The molecule has 1 saturated carbocycles. The van der Waals surface area contributed by atoms with Gasteiger partial charge in [-0.25, -0.2) is 8.78 Å². The summed E-state index contributed by atoms with van der Waals surface area (Å²) in [5.74, 6) is -3.67. The van der Waals surface area contributed by atoms with Crippen LogP contribution >= 0.6 is 31.9 Å². The molecule has 0 heterocycles. The van der Waals surface area contributed by atoms with Crippen LogP contribution in [0.15, 0.2) is 28.7 Å². The van der Waals surface area contributed by atoms with Gasteiger partial charge in [0.1, 0.15) is 0 Å². The first-order valence-electron chi connectivity index (χ1n) is 4.26. The van der Waals surface area contributed by atoms with E-state index in [0.717, 1.165) is 10.0 Å². The van der Waals surface area contributed by atoms with Crippen molar-refractivity contribution < 1.29 is 8.78 Å². The summed E-state index contributed by atoms with van der Waals surface area (Å²) in [5.41, 5.74) is 0.725. The fourth-order valence-corrected chi connectivity index (χ4v) is 2.78. The van der Waals surface area contributed by atoms with E-state index in [9.17, 15) is 8.78 Å². The highest BCUT2D eigenvalue weighted by molar-refractivity contribution is 9.10. The van der Waals surface area contributed by atoms with Crippen LogP contribution in [-0.2, 0) is 0 Å². The Morgan fingerprint density at radius 1 is 1.21 bits per heavy atom. The van der Waals surface area contributed by atoms with Crippen molar-refractivity contribution in [3.05, 3.63) is 34.3 Å². The van der Waals surface area contributed by atoms with E-state index in [-0.39, 0.29) is 0 Å². The Morgan fingerprint density at radius 2 is 1.79 bits per heavy atom. The van der Waals surface area contributed by atoms with Crippen LogP contribution in [0.2, 0.25) is 0 Å². The van der Waals surface area contributed by atoms with Crippen molar-refractivity contribution in [2.24, 2.45) is 5.92 Å². The normalized spacial score (nSPS) is 28.9. The molecule has 76 valence electrons. The number of halogens is 4. The molecule has 0 aromatic heterocycles. The molecule has 1 aliphatic carbocycles. The molecule has 0 aliphatic heterocycles. The van der Waals surface area contributed by atoms with E-state index in [2.05, 4.69) is 31.9 Å². The van der Waals surface area contributed by atoms with Crippen molar-refractivity contribution in [1.82, 2.24) is 0 Å². The number of rotatable bonds is 2. The molecule has 2 rings (SSSR count). The summed E-state index contributed by atoms with van der Waals surface area (Å²) >= 11 is 6.39. The van der Waals surface area contributed by atoms with Crippen LogP contribution in [0.4, 0.5) is 8.78 Å². The zero-order chi connectivity index (χ0) is 10.3. The molecule has 0 N–H and O–H groups in total. The van der Waals surface area contributed by atoms with E-state index < -0.39 is 17.8 Å². The van der Waals surface area contributed by atoms with Gasteiger partial charge >= 0.3 is 0 Å². The number of hydrogen-bond donors (Lipinski definition) is 0. The van der Waals surface area contributed by atoms with Gasteiger partial charge in [-0.2, -0.15) is 0 Å². The summed E-state index contributed by atoms with van der Waals surface area (Å²) in [6.07, 6.45) is 0. The third-order valence-electron chi connectivity index (χ3n) is 2.60. The zero-order valence-corrected chi connectivity index (χ0v) is 10.4. The maximum Gasteiger partial charge on any atom is 0.259 e. The molecule has 1 aromatic carbocycles. The average Bonchev–Trinajstić information content (AvgIpc) is 2.69. The maximum atomic E-state index is 13.2. The second-order valence-corrected chi connectivity index (χ2v) is 5.03. The third-order valence-corrected chi connectivity index (χ3v) is 3.82. The Bertz CT molecular complexity index is 334. The van der Waals surface area contributed by atoms with Gasteiger partial charge in [0, 0.05) is 15.7 Å². The first-order chi connectivity index (χ1) is 6.57. The molecule has 1 aliphatic rings. The fraction of sp³-hybridized carbons (Fsp3) is 0.400. The zero-order valence-electron chi connectivity index (χ0n) is 7.18. The minimum atomic E-state index is -2.53. The molecule has 0 nitrogen and oxygen atoms in total. The van der Waals surface area contributed by atoms with Gasteiger partial charge in [-0.3, -0.25) is 0 Å². The minimum Gasteiger partial charge on any atom is -0.206 e. The fourth-order valence-electron chi connectivity index (χ4n) is 1.71. The molecule has 0 saturated heterocycles. The van der Waals surface area contributed by atoms with Crippen molar-refractivity contribution in [2.75, 3.05) is 5.33 Å². The van der Waals surface area contributed by atoms with Gasteiger partial charge in [0.05, 0.1) is 5.92 Å². The van der Waals surface area contributed by atoms with E-state index >= 15 is 0 Å². The van der Waals surface area contributed by atoms with Crippen molar-refractivity contribution >= 4 is 31.9 Å². The van der Waals surface area contributed by atoms with Crippen molar-refractivity contribution in [3.8, 4) is 0 Å². The van der Waals surface area contributed by atoms with Gasteiger partial charge in [0.25, 0.3) is 5.92 Å². The highest BCUT2D eigenvalue weighted by Crippen LogP contribution is 2.62. The average molecular weight is 326 g/mol. The van der Waals surface area contributed by atoms with Crippen LogP contribution < -0.4 is 0 Å². The van der Waals surface area contributed by atoms with E-state index in [4.69, 9.17) is 0 Å². The van der Waals surface area contributed by atoms with E-state index in [0.29, 0.717) is 5.33 Å². The lowest BCUT2D eigenvalue weighted by Gasteiger charge is -1.98. The summed E-state index contributed by atoms with van der Waals surface area (Å²) in [4.78, 5) is 0. The van der Waals surface area contributed by atoms with Crippen LogP contribution in [0.3, 0.4) is 0 Å². The lowest BCUT2D eigenvalue weighted by atomic mass is 10.1. The molecule has 0 unspecified atom stereocenters. The lowest BCUT2D eigenvalue weighted by Crippen LogP contribution is -1.94. The lowest BCUT2D eigenvalue weighted by molar-refractivity contribution is 0.0973. The van der Waals surface area contributed by atoms with Crippen molar-refractivity contribution in [3.63, 3.8) is 0 Å². The van der Waals surface area contributed by atoms with Crippen LogP contribution in [0.1, 0.15) is 11.5 Å². The summed E-state index contributed by atoms with van der Waals surface area (Å²) < 4.78 is 27.3. The Hall–Kier alpha value is 0.0400. The Morgan fingerprint density at radius 3 is 2.21 bits per heavy atom. The predicted octanol–water partition coefficient (Wildman–Crippen LogP) is 4.19. The molecule has 2 atom stereocenters. The Balaban J connectivity index is 2.22. The van der Waals surface area contributed by atoms with Gasteiger partial charge < -0.3 is 0 Å². The first-order valence-corrected chi connectivity index (χ1v) is 6.18. The second-order valence-electron chi connectivity index (χ2n) is 3.46. The largest absolute Gasteiger partial charge is 0.259 e. The van der Waals surface area contributed by atoms with Crippen molar-refractivity contribution in [1.29, 1.82) is 0 Å². The molecule has 0 radical (unpaired) electrons. The van der Waals surface area contributed by atoms with Gasteiger partial charge in [-0.1, -0.05) is 44.0 Å². The molecular weight excluding hydrogens is 318 g/mol. The summed E-state index contributed by atoms with van der Waals surface area (Å²) in [6, 6.07) is 7.11. The SMILES string of the molecule is FC1(F)[C@H](CBr)[C@H]1c1ccc(Br)cc1. The van der Waals surface area contributed by atoms with Crippen LogP contribution in [0, 0.1) is 5.92 Å². The minimum absolute atomic E-state index is 0.362. The second kappa shape index (κ2) is 3.56. The van der Waals surface area contributed by atoms with Crippen LogP contribution in [0.5, 0.6) is 0 Å². The topological polar surface area (TPSA) is 0 Å². The summed E-state index contributed by atoms with van der Waals surface area (Å²) in [7, 11) is 0. The third kappa shape index (κ3) is 1.63. The van der Waals surface area contributed by atoms with Gasteiger partial charge in [-0.15, -0.1) is 0 Å². The number of benzene rings is 1. The van der Waals surface area contributed by atoms with Crippen LogP contribution in [0.25, 0.3) is 0 Å². The number of hydrogen-bond acceptors (Lipinski definition) is 0.